The number of nitrogens with one attached hydrogen (secondary N) is 1. The largest absolute Gasteiger partial charge is 0.507 e. The number of aromatic hydroxyl groups is 1. The summed E-state index contributed by atoms with van der Waals surface area (Å²) in [5.74, 6) is 2.16. The number of hydrogen-bond donors (Lipinski definition) is 2. The van der Waals surface area contributed by atoms with Crippen LogP contribution in [-0.2, 0) is 4.74 Å². The molecule has 1 aliphatic carbocycles. The maximum absolute atomic E-state index is 10.6. The highest BCUT2D eigenvalue weighted by molar-refractivity contribution is 6.01. The van der Waals surface area contributed by atoms with Crippen molar-refractivity contribution in [2.75, 3.05) is 18.5 Å². The van der Waals surface area contributed by atoms with Gasteiger partial charge >= 0.3 is 0 Å². The Labute approximate surface area is 164 Å². The monoisotopic (exact) mass is 375 g/mol. The first kappa shape index (κ1) is 17.4. The fourth-order valence-electron chi connectivity index (χ4n) is 4.96. The quantitative estimate of drug-likeness (QED) is 0.708. The molecule has 2 aromatic carbocycles. The van der Waals surface area contributed by atoms with Gasteiger partial charge in [-0.25, -0.2) is 0 Å². The molecule has 0 amide bonds. The number of ether oxygens (including phenoxy) is 1. The first-order chi connectivity index (χ1) is 13.6. The average molecular weight is 375 g/mol. The Balaban J connectivity index is 1.61. The van der Waals surface area contributed by atoms with Crippen molar-refractivity contribution in [2.24, 2.45) is 11.8 Å². The number of hydrogen-bond acceptors (Lipinski definition) is 5. The molecule has 0 spiro atoms. The molecule has 2 aliphatic rings. The van der Waals surface area contributed by atoms with Gasteiger partial charge in [0.2, 0.25) is 0 Å². The molecular weight excluding hydrogens is 350 g/mol. The van der Waals surface area contributed by atoms with Crippen LogP contribution in [0.2, 0.25) is 0 Å². The van der Waals surface area contributed by atoms with Gasteiger partial charge in [0, 0.05) is 34.2 Å². The second-order valence-corrected chi connectivity index (χ2v) is 8.22. The summed E-state index contributed by atoms with van der Waals surface area (Å²) in [5, 5.41) is 25.5. The van der Waals surface area contributed by atoms with E-state index in [4.69, 9.17) is 4.74 Å². The zero-order valence-corrected chi connectivity index (χ0v) is 16.3. The molecule has 5 rings (SSSR count). The average Bonchev–Trinajstić information content (AvgIpc) is 2.88. The van der Waals surface area contributed by atoms with Gasteiger partial charge in [-0.15, -0.1) is 10.2 Å². The third kappa shape index (κ3) is 2.81. The Bertz CT molecular complexity index is 1010. The third-order valence-corrected chi connectivity index (χ3v) is 6.27. The molecule has 3 aromatic rings. The van der Waals surface area contributed by atoms with Gasteiger partial charge in [-0.2, -0.15) is 0 Å². The lowest BCUT2D eigenvalue weighted by atomic mass is 9.95. The van der Waals surface area contributed by atoms with Crippen molar-refractivity contribution in [1.82, 2.24) is 10.2 Å². The molecule has 2 unspecified atom stereocenters. The summed E-state index contributed by atoms with van der Waals surface area (Å²) in [6, 6.07) is 12.4. The Morgan fingerprint density at radius 1 is 1.00 bits per heavy atom. The van der Waals surface area contributed by atoms with E-state index in [9.17, 15) is 5.11 Å². The highest BCUT2D eigenvalue weighted by atomic mass is 16.5. The second-order valence-electron chi connectivity index (χ2n) is 8.22. The van der Waals surface area contributed by atoms with Crippen molar-refractivity contribution in [3.05, 3.63) is 47.5 Å². The number of benzene rings is 2. The predicted octanol–water partition coefficient (Wildman–Crippen LogP) is 4.46. The maximum atomic E-state index is 10.6. The summed E-state index contributed by atoms with van der Waals surface area (Å²) in [5.41, 5.74) is 3.52. The Hall–Kier alpha value is -2.66. The van der Waals surface area contributed by atoms with E-state index in [1.165, 1.54) is 12.8 Å². The van der Waals surface area contributed by atoms with Crippen molar-refractivity contribution >= 4 is 16.6 Å². The van der Waals surface area contributed by atoms with Crippen LogP contribution in [0.15, 0.2) is 36.4 Å². The van der Waals surface area contributed by atoms with Gasteiger partial charge in [0.1, 0.15) is 11.4 Å². The first-order valence-electron chi connectivity index (χ1n) is 10.0. The van der Waals surface area contributed by atoms with Gasteiger partial charge in [-0.05, 0) is 43.9 Å². The lowest BCUT2D eigenvalue weighted by Gasteiger charge is -2.31. The highest BCUT2D eigenvalue weighted by Gasteiger charge is 2.40. The molecule has 5 nitrogen and oxygen atoms in total. The molecule has 144 valence electrons. The van der Waals surface area contributed by atoms with Crippen LogP contribution in [0.5, 0.6) is 5.75 Å². The molecule has 28 heavy (non-hydrogen) atoms. The zero-order chi connectivity index (χ0) is 19.3. The molecule has 2 fully saturated rings. The van der Waals surface area contributed by atoms with Crippen LogP contribution < -0.4 is 5.32 Å². The third-order valence-electron chi connectivity index (χ3n) is 6.27. The highest BCUT2D eigenvalue weighted by Crippen LogP contribution is 2.40. The summed E-state index contributed by atoms with van der Waals surface area (Å²) in [6.45, 7) is 5.64. The number of phenols is 1. The Morgan fingerprint density at radius 3 is 2.43 bits per heavy atom. The molecule has 2 bridgehead atoms. The van der Waals surface area contributed by atoms with Crippen LogP contribution in [-0.4, -0.2) is 34.6 Å². The predicted molar refractivity (Wildman–Crippen MR) is 111 cm³/mol. The van der Waals surface area contributed by atoms with E-state index in [0.29, 0.717) is 17.9 Å². The minimum absolute atomic E-state index is 0.250. The molecule has 1 aromatic heterocycles. The normalized spacial score (nSPS) is 23.9. The van der Waals surface area contributed by atoms with Crippen molar-refractivity contribution in [1.29, 1.82) is 0 Å². The van der Waals surface area contributed by atoms with E-state index >= 15 is 0 Å². The summed E-state index contributed by atoms with van der Waals surface area (Å²) in [6.07, 6.45) is 2.42. The molecule has 2 N–H and O–H groups in total. The van der Waals surface area contributed by atoms with Gasteiger partial charge in [-0.3, -0.25) is 0 Å². The number of anilines is 1. The van der Waals surface area contributed by atoms with Gasteiger partial charge in [0.15, 0.2) is 5.82 Å². The summed E-state index contributed by atoms with van der Waals surface area (Å²) >= 11 is 0. The van der Waals surface area contributed by atoms with Gasteiger partial charge in [-0.1, -0.05) is 30.3 Å². The number of aryl methyl sites for hydroxylation is 2. The molecule has 1 saturated carbocycles. The smallest absolute Gasteiger partial charge is 0.156 e. The number of aromatic nitrogens is 2. The summed E-state index contributed by atoms with van der Waals surface area (Å²) in [7, 11) is 0. The topological polar surface area (TPSA) is 67.3 Å². The minimum atomic E-state index is 0.250. The lowest BCUT2D eigenvalue weighted by Crippen LogP contribution is -2.39. The van der Waals surface area contributed by atoms with E-state index in [1.54, 1.807) is 6.07 Å². The van der Waals surface area contributed by atoms with Crippen LogP contribution in [0, 0.1) is 25.7 Å². The van der Waals surface area contributed by atoms with Gasteiger partial charge < -0.3 is 15.2 Å². The van der Waals surface area contributed by atoms with Crippen LogP contribution in [0.3, 0.4) is 0 Å². The maximum Gasteiger partial charge on any atom is 0.156 e. The number of phenolic OH excluding ortho intramolecular Hbond substituents is 1. The van der Waals surface area contributed by atoms with E-state index in [-0.39, 0.29) is 5.75 Å². The van der Waals surface area contributed by atoms with E-state index in [0.717, 1.165) is 52.2 Å². The van der Waals surface area contributed by atoms with Crippen LogP contribution >= 0.6 is 0 Å². The first-order valence-corrected chi connectivity index (χ1v) is 10.0. The standard InChI is InChI=1S/C23H25N3O2/c1-13-9-14(2)20(19(27)10-13)22-17-5-3-4-6-18(17)23(26-25-22)24-21-15-7-8-16(21)12-28-11-15/h3-6,9-10,15-16,21,27H,7-8,11-12H2,1-2H3,(H,24,26). The number of rotatable bonds is 3. The molecule has 1 aliphatic heterocycles. The number of fused-ring (bicyclic) bond motifs is 3. The molecule has 0 radical (unpaired) electrons. The second kappa shape index (κ2) is 6.74. The van der Waals surface area contributed by atoms with E-state index < -0.39 is 0 Å². The fourth-order valence-corrected chi connectivity index (χ4v) is 4.96. The van der Waals surface area contributed by atoms with Crippen molar-refractivity contribution in [3.8, 4) is 17.0 Å². The van der Waals surface area contributed by atoms with Crippen LogP contribution in [0.25, 0.3) is 22.0 Å². The molecular formula is C23H25N3O2. The van der Waals surface area contributed by atoms with Gasteiger partial charge in [0.05, 0.1) is 13.2 Å². The summed E-state index contributed by atoms with van der Waals surface area (Å²) < 4.78 is 5.72. The Kier molecular flexibility index (Phi) is 4.20. The number of nitrogens with zero attached hydrogens (tertiary/aromatic N) is 2. The molecule has 2 heterocycles. The van der Waals surface area contributed by atoms with Crippen molar-refractivity contribution in [3.63, 3.8) is 0 Å². The van der Waals surface area contributed by atoms with Crippen molar-refractivity contribution in [2.45, 2.75) is 32.7 Å². The van der Waals surface area contributed by atoms with Gasteiger partial charge in [0.25, 0.3) is 0 Å². The SMILES string of the molecule is Cc1cc(C)c(-c2nnc(NC3C4CCC3COC4)c3ccccc23)c(O)c1. The van der Waals surface area contributed by atoms with E-state index in [2.05, 4.69) is 33.7 Å². The summed E-state index contributed by atoms with van der Waals surface area (Å²) in [4.78, 5) is 0. The zero-order valence-electron chi connectivity index (χ0n) is 16.3. The van der Waals surface area contributed by atoms with Crippen LogP contribution in [0.4, 0.5) is 5.82 Å². The van der Waals surface area contributed by atoms with Crippen molar-refractivity contribution < 1.29 is 9.84 Å². The molecule has 5 heteroatoms. The van der Waals surface area contributed by atoms with E-state index in [1.807, 2.05) is 26.0 Å². The lowest BCUT2D eigenvalue weighted by molar-refractivity contribution is 0.0392. The fraction of sp³-hybridized carbons (Fsp3) is 0.391. The minimum Gasteiger partial charge on any atom is -0.507 e. The Morgan fingerprint density at radius 2 is 1.71 bits per heavy atom. The molecule has 2 atom stereocenters. The van der Waals surface area contributed by atoms with Crippen LogP contribution in [0.1, 0.15) is 24.0 Å². The molecule has 1 saturated heterocycles.